The highest BCUT2D eigenvalue weighted by Crippen LogP contribution is 2.38. The second-order valence-corrected chi connectivity index (χ2v) is 13.2. The van der Waals surface area contributed by atoms with Crippen LogP contribution in [0.3, 0.4) is 0 Å². The van der Waals surface area contributed by atoms with Gasteiger partial charge in [-0.25, -0.2) is 0 Å². The lowest BCUT2D eigenvalue weighted by Gasteiger charge is -2.31. The summed E-state index contributed by atoms with van der Waals surface area (Å²) in [6.45, 7) is 19.2. The van der Waals surface area contributed by atoms with Crippen LogP contribution in [0.5, 0.6) is 0 Å². The minimum Gasteiger partial charge on any atom is -0.871 e. The number of ketones is 1. The zero-order valence-electron chi connectivity index (χ0n) is 24.0. The standard InChI is InChI=1S/C34H39NO3/c1-32(2,3)23-14-21(15-24(20-23)33(4,5)6)16-25-30(36)26(31(25)37)17-22-18-28(27-12-10-11-13-35-27)38-29(19-22)34(7,8)9/h10-20,36H,1-9H3/p-1. The molecule has 4 nitrogen and oxygen atoms in total. The predicted octanol–water partition coefficient (Wildman–Crippen LogP) is 7.18. The number of aromatic nitrogens is 1. The van der Waals surface area contributed by atoms with Crippen LogP contribution in [0.15, 0.2) is 89.1 Å². The zero-order chi connectivity index (χ0) is 28.0. The molecule has 2 aromatic rings. The summed E-state index contributed by atoms with van der Waals surface area (Å²) in [6.07, 6.45) is 8.85. The first kappa shape index (κ1) is 27.4. The Kier molecular flexibility index (Phi) is 6.90. The zero-order valence-corrected chi connectivity index (χ0v) is 24.0. The maximum absolute atomic E-state index is 13.2. The Morgan fingerprint density at radius 3 is 1.95 bits per heavy atom. The molecule has 0 saturated heterocycles. The molecule has 198 valence electrons. The van der Waals surface area contributed by atoms with Gasteiger partial charge in [-0.15, -0.1) is 0 Å². The largest absolute Gasteiger partial charge is 0.871 e. The van der Waals surface area contributed by atoms with Crippen LogP contribution in [0, 0.1) is 5.41 Å². The summed E-state index contributed by atoms with van der Waals surface area (Å²) < 4.78 is 6.16. The molecule has 0 radical (unpaired) electrons. The molecule has 2 aliphatic rings. The van der Waals surface area contributed by atoms with Gasteiger partial charge in [-0.1, -0.05) is 92.3 Å². The van der Waals surface area contributed by atoms with E-state index in [1.54, 1.807) is 18.3 Å². The first-order valence-electron chi connectivity index (χ1n) is 13.1. The Hall–Kier alpha value is -3.66. The van der Waals surface area contributed by atoms with Crippen LogP contribution >= 0.6 is 0 Å². The van der Waals surface area contributed by atoms with Gasteiger partial charge in [0.1, 0.15) is 11.5 Å². The Morgan fingerprint density at radius 2 is 1.45 bits per heavy atom. The molecule has 0 unspecified atom stereocenters. The van der Waals surface area contributed by atoms with Crippen LogP contribution in [0.2, 0.25) is 0 Å². The van der Waals surface area contributed by atoms with Crippen molar-refractivity contribution in [1.82, 2.24) is 4.98 Å². The van der Waals surface area contributed by atoms with Gasteiger partial charge in [0.15, 0.2) is 11.5 Å². The molecule has 0 bridgehead atoms. The second kappa shape index (κ2) is 9.58. The first-order chi connectivity index (χ1) is 17.5. The summed E-state index contributed by atoms with van der Waals surface area (Å²) in [5, 5.41) is 13.2. The van der Waals surface area contributed by atoms with E-state index in [2.05, 4.69) is 85.5 Å². The maximum atomic E-state index is 13.2. The van der Waals surface area contributed by atoms with Crippen LogP contribution in [-0.2, 0) is 20.4 Å². The summed E-state index contributed by atoms with van der Waals surface area (Å²) >= 11 is 0. The maximum Gasteiger partial charge on any atom is 0.191 e. The van der Waals surface area contributed by atoms with Crippen molar-refractivity contribution in [2.45, 2.75) is 73.1 Å². The molecule has 38 heavy (non-hydrogen) atoms. The van der Waals surface area contributed by atoms with E-state index >= 15 is 0 Å². The van der Waals surface area contributed by atoms with E-state index in [-0.39, 0.29) is 38.9 Å². The highest BCUT2D eigenvalue weighted by molar-refractivity contribution is 6.23. The van der Waals surface area contributed by atoms with Crippen molar-refractivity contribution in [3.8, 4) is 0 Å². The molecule has 4 rings (SSSR count). The molecular formula is C34H38NO3-. The van der Waals surface area contributed by atoms with E-state index in [9.17, 15) is 9.90 Å². The molecule has 0 saturated carbocycles. The summed E-state index contributed by atoms with van der Waals surface area (Å²) in [7, 11) is 0. The summed E-state index contributed by atoms with van der Waals surface area (Å²) in [5.74, 6) is 0.877. The van der Waals surface area contributed by atoms with Gasteiger partial charge < -0.3 is 9.84 Å². The number of Topliss-reactive ketones (excluding diaryl/α,β-unsaturated/α-hetero) is 1. The number of hydrogen-bond acceptors (Lipinski definition) is 4. The van der Waals surface area contributed by atoms with Crippen molar-refractivity contribution in [1.29, 1.82) is 0 Å². The van der Waals surface area contributed by atoms with Gasteiger partial charge >= 0.3 is 0 Å². The van der Waals surface area contributed by atoms with Crippen LogP contribution < -0.4 is 5.11 Å². The first-order valence-corrected chi connectivity index (χ1v) is 13.1. The molecule has 1 aromatic carbocycles. The van der Waals surface area contributed by atoms with Crippen molar-refractivity contribution >= 4 is 17.6 Å². The number of pyridine rings is 1. The van der Waals surface area contributed by atoms with Crippen LogP contribution in [0.4, 0.5) is 0 Å². The molecule has 1 aliphatic carbocycles. The molecule has 0 spiro atoms. The van der Waals surface area contributed by atoms with Gasteiger partial charge in [0.25, 0.3) is 0 Å². The smallest absolute Gasteiger partial charge is 0.191 e. The third-order valence-electron chi connectivity index (χ3n) is 6.76. The number of carbonyl (C=O) groups is 1. The number of nitrogens with zero attached hydrogens (tertiary/aromatic N) is 1. The fraction of sp³-hybridized carbons (Fsp3) is 0.353. The molecule has 0 atom stereocenters. The Balaban J connectivity index is 1.75. The lowest BCUT2D eigenvalue weighted by Crippen LogP contribution is -2.29. The van der Waals surface area contributed by atoms with Gasteiger partial charge in [-0.05, 0) is 69.5 Å². The van der Waals surface area contributed by atoms with Gasteiger partial charge in [0, 0.05) is 22.8 Å². The average Bonchev–Trinajstić information content (AvgIpc) is 2.84. The third-order valence-corrected chi connectivity index (χ3v) is 6.76. The summed E-state index contributed by atoms with van der Waals surface area (Å²) in [6, 6.07) is 12.0. The number of allylic oxidation sites excluding steroid dienone is 7. The Labute approximate surface area is 227 Å². The van der Waals surface area contributed by atoms with Gasteiger partial charge in [0.05, 0.1) is 0 Å². The molecular weight excluding hydrogens is 470 g/mol. The summed E-state index contributed by atoms with van der Waals surface area (Å²) in [5.41, 5.74) is 4.71. The van der Waals surface area contributed by atoms with Crippen molar-refractivity contribution in [3.63, 3.8) is 0 Å². The normalized spacial score (nSPS) is 18.8. The number of rotatable bonds is 3. The van der Waals surface area contributed by atoms with Crippen molar-refractivity contribution in [2.24, 2.45) is 5.41 Å². The molecule has 0 fully saturated rings. The fourth-order valence-corrected chi connectivity index (χ4v) is 4.24. The Morgan fingerprint density at radius 1 is 0.816 bits per heavy atom. The highest BCUT2D eigenvalue weighted by atomic mass is 16.5. The van der Waals surface area contributed by atoms with E-state index in [0.717, 1.165) is 16.9 Å². The van der Waals surface area contributed by atoms with Crippen LogP contribution in [0.1, 0.15) is 84.7 Å². The molecule has 1 aliphatic heterocycles. The topological polar surface area (TPSA) is 62.2 Å². The Bertz CT molecular complexity index is 1400. The van der Waals surface area contributed by atoms with Crippen molar-refractivity contribution < 1.29 is 14.6 Å². The van der Waals surface area contributed by atoms with E-state index in [1.807, 2.05) is 30.4 Å². The molecule has 2 heterocycles. The van der Waals surface area contributed by atoms with Crippen LogP contribution in [-0.4, -0.2) is 10.8 Å². The lowest BCUT2D eigenvalue weighted by atomic mass is 9.78. The number of benzene rings is 1. The predicted molar refractivity (Wildman–Crippen MR) is 153 cm³/mol. The van der Waals surface area contributed by atoms with E-state index in [0.29, 0.717) is 11.5 Å². The van der Waals surface area contributed by atoms with Crippen molar-refractivity contribution in [3.05, 3.63) is 111 Å². The molecule has 1 aromatic heterocycles. The number of ether oxygens (including phenoxy) is 1. The number of hydrogen-bond donors (Lipinski definition) is 0. The SMILES string of the molecule is CC(C)(C)C1=CC(=CC2=C([O-])C(=Cc3cc(C(C)(C)C)cc(C(C)(C)C)c3)C2=O)C=C(c2ccccn2)O1. The van der Waals surface area contributed by atoms with Gasteiger partial charge in [0.2, 0.25) is 0 Å². The van der Waals surface area contributed by atoms with E-state index in [1.165, 1.54) is 11.1 Å². The number of carbonyl (C=O) groups excluding carboxylic acids is 1. The molecule has 0 amide bonds. The third kappa shape index (κ3) is 5.75. The minimum atomic E-state index is -0.264. The monoisotopic (exact) mass is 508 g/mol. The summed E-state index contributed by atoms with van der Waals surface area (Å²) in [4.78, 5) is 17.6. The fourth-order valence-electron chi connectivity index (χ4n) is 4.24. The molecule has 4 heteroatoms. The highest BCUT2D eigenvalue weighted by Gasteiger charge is 2.29. The second-order valence-electron chi connectivity index (χ2n) is 13.2. The van der Waals surface area contributed by atoms with E-state index < -0.39 is 0 Å². The van der Waals surface area contributed by atoms with Crippen molar-refractivity contribution in [2.75, 3.05) is 0 Å². The molecule has 0 N–H and O–H groups in total. The minimum absolute atomic E-state index is 0.0539. The van der Waals surface area contributed by atoms with Gasteiger partial charge in [-0.2, -0.15) is 0 Å². The van der Waals surface area contributed by atoms with E-state index in [4.69, 9.17) is 4.74 Å². The van der Waals surface area contributed by atoms with Crippen LogP contribution in [0.25, 0.3) is 11.8 Å². The average molecular weight is 509 g/mol. The lowest BCUT2D eigenvalue weighted by molar-refractivity contribution is -0.300. The van der Waals surface area contributed by atoms with Gasteiger partial charge in [-0.3, -0.25) is 9.78 Å². The quantitative estimate of drug-likeness (QED) is 0.412.